The number of rotatable bonds is 3. The number of hydrogen-bond donors (Lipinski definition) is 3. The molecule has 0 saturated carbocycles. The first kappa shape index (κ1) is 11.8. The van der Waals surface area contributed by atoms with Crippen molar-refractivity contribution in [3.8, 4) is 0 Å². The van der Waals surface area contributed by atoms with Crippen molar-refractivity contribution in [2.24, 2.45) is 0 Å². The predicted molar refractivity (Wildman–Crippen MR) is 59.8 cm³/mol. The fraction of sp³-hybridized carbons (Fsp3) is 0.333. The molecule has 0 bridgehead atoms. The molecule has 5 heteroatoms. The van der Waals surface area contributed by atoms with Crippen LogP contribution in [-0.2, 0) is 6.42 Å². The van der Waals surface area contributed by atoms with Crippen LogP contribution in [0.15, 0.2) is 12.1 Å². The minimum absolute atomic E-state index is 0.261. The van der Waals surface area contributed by atoms with Crippen LogP contribution >= 0.6 is 0 Å². The van der Waals surface area contributed by atoms with Gasteiger partial charge in [-0.1, -0.05) is 6.07 Å². The highest BCUT2D eigenvalue weighted by Crippen LogP contribution is 2.23. The van der Waals surface area contributed by atoms with Crippen LogP contribution in [0.2, 0.25) is 0 Å². The lowest BCUT2D eigenvalue weighted by Crippen LogP contribution is -2.20. The Labute approximate surface area is 98.1 Å². The lowest BCUT2D eigenvalue weighted by molar-refractivity contribution is 0.0879. The summed E-state index contributed by atoms with van der Waals surface area (Å²) in [7, 11) is 0. The third-order valence-electron chi connectivity index (χ3n) is 2.94. The molecule has 5 nitrogen and oxygen atoms in total. The molecule has 0 aromatic heterocycles. The van der Waals surface area contributed by atoms with Crippen molar-refractivity contribution in [2.45, 2.75) is 19.4 Å². The van der Waals surface area contributed by atoms with Crippen LogP contribution in [0.25, 0.3) is 0 Å². The molecule has 2 amide bonds. The first-order chi connectivity index (χ1) is 8.04. The van der Waals surface area contributed by atoms with Crippen LogP contribution in [0.1, 0.15) is 31.8 Å². The summed E-state index contributed by atoms with van der Waals surface area (Å²) in [5.74, 6) is -0.787. The molecule has 0 saturated heterocycles. The van der Waals surface area contributed by atoms with Gasteiger partial charge >= 0.3 is 0 Å². The summed E-state index contributed by atoms with van der Waals surface area (Å²) in [4.78, 5) is 23.0. The van der Waals surface area contributed by atoms with Crippen molar-refractivity contribution in [1.29, 1.82) is 0 Å². The predicted octanol–water partition coefficient (Wildman–Crippen LogP) is -0.226. The van der Waals surface area contributed by atoms with Crippen molar-refractivity contribution >= 4 is 11.8 Å². The van der Waals surface area contributed by atoms with Gasteiger partial charge in [-0.05, 0) is 24.1 Å². The van der Waals surface area contributed by atoms with Crippen molar-refractivity contribution < 1.29 is 19.8 Å². The highest BCUT2D eigenvalue weighted by atomic mass is 16.3. The highest BCUT2D eigenvalue weighted by Gasteiger charge is 2.29. The molecule has 2 rings (SSSR count). The number of benzene rings is 1. The molecular formula is C12H13NO4. The van der Waals surface area contributed by atoms with Gasteiger partial charge in [-0.3, -0.25) is 14.9 Å². The molecule has 17 heavy (non-hydrogen) atoms. The number of amides is 2. The van der Waals surface area contributed by atoms with Gasteiger partial charge in [0.2, 0.25) is 0 Å². The zero-order valence-corrected chi connectivity index (χ0v) is 9.36. The van der Waals surface area contributed by atoms with Gasteiger partial charge in [0, 0.05) is 6.42 Å². The van der Waals surface area contributed by atoms with Crippen LogP contribution in [-0.4, -0.2) is 34.7 Å². The molecule has 1 heterocycles. The molecule has 0 aliphatic carbocycles. The van der Waals surface area contributed by atoms with Gasteiger partial charge in [0.25, 0.3) is 11.8 Å². The Morgan fingerprint density at radius 2 is 2.00 bits per heavy atom. The summed E-state index contributed by atoms with van der Waals surface area (Å²) < 4.78 is 0. The van der Waals surface area contributed by atoms with Crippen LogP contribution in [0.5, 0.6) is 0 Å². The number of hydrogen-bond acceptors (Lipinski definition) is 4. The van der Waals surface area contributed by atoms with E-state index in [-0.39, 0.29) is 18.9 Å². The number of imide groups is 1. The summed E-state index contributed by atoms with van der Waals surface area (Å²) in [6.45, 7) is 1.40. The first-order valence-electron chi connectivity index (χ1n) is 5.31. The third kappa shape index (κ3) is 1.94. The standard InChI is InChI=1S/C12H13NO4/c1-6-7(4-8(15)5-14)2-3-9-10(6)12(17)13-11(9)16/h2-3,8,14-15H,4-5H2,1H3,(H,13,16,17). The van der Waals surface area contributed by atoms with Gasteiger partial charge in [0.15, 0.2) is 0 Å². The molecule has 1 aliphatic rings. The van der Waals surface area contributed by atoms with E-state index >= 15 is 0 Å². The van der Waals surface area contributed by atoms with Gasteiger partial charge in [0.1, 0.15) is 0 Å². The van der Waals surface area contributed by atoms with Gasteiger partial charge in [-0.25, -0.2) is 0 Å². The van der Waals surface area contributed by atoms with E-state index in [1.54, 1.807) is 19.1 Å². The molecule has 1 aliphatic heterocycles. The maximum absolute atomic E-state index is 11.6. The number of nitrogens with one attached hydrogen (secondary N) is 1. The topological polar surface area (TPSA) is 86.6 Å². The molecule has 3 N–H and O–H groups in total. The number of carbonyl (C=O) groups is 2. The van der Waals surface area contributed by atoms with E-state index in [1.807, 2.05) is 0 Å². The zero-order valence-electron chi connectivity index (χ0n) is 9.36. The first-order valence-corrected chi connectivity index (χ1v) is 5.31. The Morgan fingerprint density at radius 3 is 2.65 bits per heavy atom. The molecule has 0 spiro atoms. The van der Waals surface area contributed by atoms with Crippen LogP contribution in [0.3, 0.4) is 0 Å². The van der Waals surface area contributed by atoms with Crippen LogP contribution in [0, 0.1) is 6.92 Å². The lowest BCUT2D eigenvalue weighted by atomic mass is 9.95. The van der Waals surface area contributed by atoms with E-state index in [4.69, 9.17) is 5.11 Å². The number of aliphatic hydroxyl groups excluding tert-OH is 2. The largest absolute Gasteiger partial charge is 0.394 e. The van der Waals surface area contributed by atoms with E-state index in [1.165, 1.54) is 0 Å². The molecule has 90 valence electrons. The van der Waals surface area contributed by atoms with Crippen molar-refractivity contribution in [3.63, 3.8) is 0 Å². The molecule has 1 atom stereocenters. The molecule has 1 aromatic rings. The van der Waals surface area contributed by atoms with E-state index in [9.17, 15) is 14.7 Å². The van der Waals surface area contributed by atoms with Gasteiger partial charge in [-0.15, -0.1) is 0 Å². The summed E-state index contributed by atoms with van der Waals surface area (Å²) in [5, 5.41) is 20.4. The quantitative estimate of drug-likeness (QED) is 0.632. The number of aliphatic hydroxyl groups is 2. The molecule has 1 aromatic carbocycles. The second-order valence-corrected chi connectivity index (χ2v) is 4.10. The van der Waals surface area contributed by atoms with Gasteiger partial charge in [-0.2, -0.15) is 0 Å². The summed E-state index contributed by atoms with van der Waals surface area (Å²) >= 11 is 0. The van der Waals surface area contributed by atoms with Crippen LogP contribution < -0.4 is 5.32 Å². The fourth-order valence-corrected chi connectivity index (χ4v) is 2.01. The van der Waals surface area contributed by atoms with E-state index in [0.29, 0.717) is 16.7 Å². The zero-order chi connectivity index (χ0) is 12.6. The maximum atomic E-state index is 11.6. The monoisotopic (exact) mass is 235 g/mol. The Hall–Kier alpha value is -1.72. The maximum Gasteiger partial charge on any atom is 0.259 e. The average molecular weight is 235 g/mol. The van der Waals surface area contributed by atoms with Gasteiger partial charge < -0.3 is 10.2 Å². The molecule has 0 radical (unpaired) electrons. The number of carbonyl (C=O) groups excluding carboxylic acids is 2. The third-order valence-corrected chi connectivity index (χ3v) is 2.94. The molecule has 1 unspecified atom stereocenters. The number of fused-ring (bicyclic) bond motifs is 1. The average Bonchev–Trinajstić information content (AvgIpc) is 2.58. The summed E-state index contributed by atoms with van der Waals surface area (Å²) in [5.41, 5.74) is 2.18. The Kier molecular flexibility index (Phi) is 2.95. The minimum atomic E-state index is -0.855. The van der Waals surface area contributed by atoms with Crippen molar-refractivity contribution in [2.75, 3.05) is 6.61 Å². The van der Waals surface area contributed by atoms with E-state index in [0.717, 1.165) is 5.56 Å². The summed E-state index contributed by atoms with van der Waals surface area (Å²) in [6.07, 6.45) is -0.594. The Morgan fingerprint density at radius 1 is 1.29 bits per heavy atom. The van der Waals surface area contributed by atoms with Crippen molar-refractivity contribution in [3.05, 3.63) is 34.4 Å². The Balaban J connectivity index is 2.43. The summed E-state index contributed by atoms with van der Waals surface area (Å²) in [6, 6.07) is 3.27. The second-order valence-electron chi connectivity index (χ2n) is 4.10. The minimum Gasteiger partial charge on any atom is -0.394 e. The fourth-order valence-electron chi connectivity index (χ4n) is 2.01. The second kappa shape index (κ2) is 4.27. The Bertz CT molecular complexity index is 496. The van der Waals surface area contributed by atoms with E-state index < -0.39 is 12.0 Å². The van der Waals surface area contributed by atoms with Crippen molar-refractivity contribution in [1.82, 2.24) is 5.32 Å². The normalized spacial score (nSPS) is 15.7. The SMILES string of the molecule is Cc1c(CC(O)CO)ccc2c1C(=O)NC2=O. The van der Waals surface area contributed by atoms with Gasteiger partial charge in [0.05, 0.1) is 23.8 Å². The highest BCUT2D eigenvalue weighted by molar-refractivity contribution is 6.22. The van der Waals surface area contributed by atoms with E-state index in [2.05, 4.69) is 5.32 Å². The molecular weight excluding hydrogens is 222 g/mol. The smallest absolute Gasteiger partial charge is 0.259 e. The molecule has 0 fully saturated rings. The van der Waals surface area contributed by atoms with Crippen LogP contribution in [0.4, 0.5) is 0 Å². The lowest BCUT2D eigenvalue weighted by Gasteiger charge is -2.11.